The lowest BCUT2D eigenvalue weighted by Crippen LogP contribution is -2.40. The maximum atomic E-state index is 9.18. The molecule has 4 heteroatoms. The summed E-state index contributed by atoms with van der Waals surface area (Å²) >= 11 is 3.51. The summed E-state index contributed by atoms with van der Waals surface area (Å²) in [4.78, 5) is 4.57. The lowest BCUT2D eigenvalue weighted by Gasteiger charge is -2.32. The van der Waals surface area contributed by atoms with E-state index >= 15 is 0 Å². The van der Waals surface area contributed by atoms with Crippen LogP contribution in [-0.2, 0) is 6.61 Å². The number of nitrogens with zero attached hydrogens (tertiary/aromatic N) is 2. The number of aliphatic hydroxyl groups excluding tert-OH is 1. The Bertz CT molecular complexity index is 382. The summed E-state index contributed by atoms with van der Waals surface area (Å²) in [5.41, 5.74) is 2.12. The van der Waals surface area contributed by atoms with Gasteiger partial charge < -0.3 is 14.9 Å². The second-order valence-electron chi connectivity index (χ2n) is 4.83. The maximum Gasteiger partial charge on any atom is 0.0692 e. The van der Waals surface area contributed by atoms with Gasteiger partial charge >= 0.3 is 0 Å². The molecule has 1 aromatic carbocycles. The van der Waals surface area contributed by atoms with Gasteiger partial charge in [-0.1, -0.05) is 22.0 Å². The molecule has 0 aromatic heterocycles. The van der Waals surface area contributed by atoms with Crippen LogP contribution in [0.15, 0.2) is 22.7 Å². The Hall–Kier alpha value is -0.580. The molecule has 1 rings (SSSR count). The lowest BCUT2D eigenvalue weighted by molar-refractivity contribution is 0.281. The number of rotatable bonds is 6. The summed E-state index contributed by atoms with van der Waals surface area (Å²) in [7, 11) is 4.18. The first-order chi connectivity index (χ1) is 8.49. The van der Waals surface area contributed by atoms with E-state index in [4.69, 9.17) is 0 Å². The van der Waals surface area contributed by atoms with Crippen LogP contribution in [0.1, 0.15) is 19.4 Å². The summed E-state index contributed by atoms with van der Waals surface area (Å²) in [5.74, 6) is 0. The summed E-state index contributed by atoms with van der Waals surface area (Å²) < 4.78 is 0.970. The number of anilines is 1. The second kappa shape index (κ2) is 7.12. The molecule has 18 heavy (non-hydrogen) atoms. The summed E-state index contributed by atoms with van der Waals surface area (Å²) in [6.45, 7) is 6.46. The van der Waals surface area contributed by atoms with Crippen LogP contribution in [0.2, 0.25) is 0 Å². The topological polar surface area (TPSA) is 26.7 Å². The van der Waals surface area contributed by atoms with Crippen molar-refractivity contribution < 1.29 is 5.11 Å². The maximum absolute atomic E-state index is 9.18. The van der Waals surface area contributed by atoms with Crippen LogP contribution < -0.4 is 4.90 Å². The van der Waals surface area contributed by atoms with Crippen molar-refractivity contribution in [3.05, 3.63) is 28.2 Å². The van der Waals surface area contributed by atoms with E-state index in [1.807, 2.05) is 6.07 Å². The molecule has 0 aliphatic carbocycles. The third kappa shape index (κ3) is 3.97. The van der Waals surface area contributed by atoms with Gasteiger partial charge in [-0.05, 0) is 45.6 Å². The van der Waals surface area contributed by atoms with E-state index in [-0.39, 0.29) is 6.61 Å². The molecule has 1 atom stereocenters. The van der Waals surface area contributed by atoms with Crippen LogP contribution in [0.25, 0.3) is 0 Å². The van der Waals surface area contributed by atoms with Crippen LogP contribution in [0.3, 0.4) is 0 Å². The average Bonchev–Trinajstić information content (AvgIpc) is 2.29. The Labute approximate surface area is 119 Å². The van der Waals surface area contributed by atoms with E-state index in [0.717, 1.165) is 23.1 Å². The number of hydrogen-bond donors (Lipinski definition) is 1. The molecule has 1 aromatic rings. The predicted octanol–water partition coefficient (Wildman–Crippen LogP) is 2.72. The summed E-state index contributed by atoms with van der Waals surface area (Å²) in [6.07, 6.45) is 0. The minimum absolute atomic E-state index is 0.0697. The number of aliphatic hydroxyl groups is 1. The van der Waals surface area contributed by atoms with Crippen molar-refractivity contribution in [3.63, 3.8) is 0 Å². The Morgan fingerprint density at radius 3 is 2.44 bits per heavy atom. The van der Waals surface area contributed by atoms with Gasteiger partial charge in [0.2, 0.25) is 0 Å². The first kappa shape index (κ1) is 15.5. The summed E-state index contributed by atoms with van der Waals surface area (Å²) in [6, 6.07) is 6.59. The van der Waals surface area contributed by atoms with Gasteiger partial charge in [0.25, 0.3) is 0 Å². The molecule has 1 unspecified atom stereocenters. The molecule has 0 aliphatic heterocycles. The Morgan fingerprint density at radius 1 is 1.33 bits per heavy atom. The average molecular weight is 315 g/mol. The Morgan fingerprint density at radius 2 is 2.00 bits per heavy atom. The van der Waals surface area contributed by atoms with Crippen molar-refractivity contribution in [1.82, 2.24) is 4.90 Å². The molecule has 0 bridgehead atoms. The molecule has 0 fully saturated rings. The third-order valence-electron chi connectivity index (χ3n) is 3.04. The standard InChI is InChI=1S/C14H23BrN2O/c1-5-17(11(2)9-16(3)4)13-7-6-12(10-18)14(15)8-13/h6-8,11,18H,5,9-10H2,1-4H3. The quantitative estimate of drug-likeness (QED) is 0.874. The van der Waals surface area contributed by atoms with Crippen LogP contribution in [-0.4, -0.2) is 43.2 Å². The number of halogens is 1. The fraction of sp³-hybridized carbons (Fsp3) is 0.571. The molecular formula is C14H23BrN2O. The van der Waals surface area contributed by atoms with Gasteiger partial charge in [0.15, 0.2) is 0 Å². The van der Waals surface area contributed by atoms with Gasteiger partial charge in [0.1, 0.15) is 0 Å². The zero-order valence-electron chi connectivity index (χ0n) is 11.7. The van der Waals surface area contributed by atoms with Crippen LogP contribution in [0.4, 0.5) is 5.69 Å². The van der Waals surface area contributed by atoms with Crippen molar-refractivity contribution in [2.45, 2.75) is 26.5 Å². The highest BCUT2D eigenvalue weighted by Crippen LogP contribution is 2.25. The predicted molar refractivity (Wildman–Crippen MR) is 81.1 cm³/mol. The molecule has 0 radical (unpaired) electrons. The first-order valence-electron chi connectivity index (χ1n) is 6.30. The molecule has 0 saturated carbocycles. The van der Waals surface area contributed by atoms with Gasteiger partial charge in [-0.25, -0.2) is 0 Å². The highest BCUT2D eigenvalue weighted by molar-refractivity contribution is 9.10. The van der Waals surface area contributed by atoms with Crippen LogP contribution >= 0.6 is 15.9 Å². The zero-order chi connectivity index (χ0) is 13.7. The Kier molecular flexibility index (Phi) is 6.12. The first-order valence-corrected chi connectivity index (χ1v) is 7.09. The van der Waals surface area contributed by atoms with Crippen molar-refractivity contribution >= 4 is 21.6 Å². The van der Waals surface area contributed by atoms with Crippen LogP contribution in [0, 0.1) is 0 Å². The Balaban J connectivity index is 2.91. The largest absolute Gasteiger partial charge is 0.392 e. The summed E-state index contributed by atoms with van der Waals surface area (Å²) in [5, 5.41) is 9.18. The van der Waals surface area contributed by atoms with E-state index in [1.54, 1.807) is 0 Å². The molecule has 0 aliphatic rings. The number of benzene rings is 1. The minimum atomic E-state index is 0.0697. The van der Waals surface area contributed by atoms with Gasteiger partial charge in [0, 0.05) is 29.3 Å². The molecular weight excluding hydrogens is 292 g/mol. The SMILES string of the molecule is CCN(c1ccc(CO)c(Br)c1)C(C)CN(C)C. The zero-order valence-corrected chi connectivity index (χ0v) is 13.2. The third-order valence-corrected chi connectivity index (χ3v) is 3.78. The molecule has 0 spiro atoms. The highest BCUT2D eigenvalue weighted by Gasteiger charge is 2.14. The molecule has 102 valence electrons. The van der Waals surface area contributed by atoms with Crippen molar-refractivity contribution in [1.29, 1.82) is 0 Å². The monoisotopic (exact) mass is 314 g/mol. The number of likely N-dealkylation sites (N-methyl/N-ethyl adjacent to an activating group) is 2. The van der Waals surface area contributed by atoms with Gasteiger partial charge in [-0.15, -0.1) is 0 Å². The number of hydrogen-bond acceptors (Lipinski definition) is 3. The van der Waals surface area contributed by atoms with Crippen LogP contribution in [0.5, 0.6) is 0 Å². The molecule has 0 heterocycles. The smallest absolute Gasteiger partial charge is 0.0692 e. The highest BCUT2D eigenvalue weighted by atomic mass is 79.9. The van der Waals surface area contributed by atoms with E-state index in [9.17, 15) is 5.11 Å². The molecule has 0 saturated heterocycles. The van der Waals surface area contributed by atoms with E-state index < -0.39 is 0 Å². The fourth-order valence-electron chi connectivity index (χ4n) is 2.22. The van der Waals surface area contributed by atoms with Gasteiger partial charge in [-0.2, -0.15) is 0 Å². The van der Waals surface area contributed by atoms with Crippen molar-refractivity contribution in [2.24, 2.45) is 0 Å². The second-order valence-corrected chi connectivity index (χ2v) is 5.69. The fourth-order valence-corrected chi connectivity index (χ4v) is 2.71. The van der Waals surface area contributed by atoms with E-state index in [2.05, 4.69) is 65.8 Å². The molecule has 0 amide bonds. The normalized spacial score (nSPS) is 12.8. The van der Waals surface area contributed by atoms with Gasteiger partial charge in [-0.3, -0.25) is 0 Å². The minimum Gasteiger partial charge on any atom is -0.392 e. The lowest BCUT2D eigenvalue weighted by atomic mass is 10.1. The van der Waals surface area contributed by atoms with E-state index in [1.165, 1.54) is 5.69 Å². The van der Waals surface area contributed by atoms with Gasteiger partial charge in [0.05, 0.1) is 6.61 Å². The molecule has 1 N–H and O–H groups in total. The molecule has 3 nitrogen and oxygen atoms in total. The van der Waals surface area contributed by atoms with Crippen molar-refractivity contribution in [2.75, 3.05) is 32.1 Å². The van der Waals surface area contributed by atoms with Crippen molar-refractivity contribution in [3.8, 4) is 0 Å². The van der Waals surface area contributed by atoms with E-state index in [0.29, 0.717) is 6.04 Å².